The lowest BCUT2D eigenvalue weighted by Crippen LogP contribution is -2.42. The third-order valence-electron chi connectivity index (χ3n) is 2.63. The van der Waals surface area contributed by atoms with Gasteiger partial charge in [0.15, 0.2) is 0 Å². The molecule has 0 aliphatic rings. The highest BCUT2D eigenvalue weighted by molar-refractivity contribution is 5.80. The molecule has 3 N–H and O–H groups in total. The lowest BCUT2D eigenvalue weighted by Gasteiger charge is -2.25. The molecule has 0 heterocycles. The fourth-order valence-corrected chi connectivity index (χ4v) is 1.66. The van der Waals surface area contributed by atoms with Crippen LogP contribution in [-0.4, -0.2) is 30.5 Å². The Morgan fingerprint density at radius 2 is 1.84 bits per heavy atom. The Kier molecular flexibility index (Phi) is 4.88. The van der Waals surface area contributed by atoms with E-state index in [0.717, 1.165) is 0 Å². The van der Waals surface area contributed by atoms with Crippen LogP contribution in [0.15, 0.2) is 24.3 Å². The summed E-state index contributed by atoms with van der Waals surface area (Å²) >= 11 is 0. The van der Waals surface area contributed by atoms with Gasteiger partial charge >= 0.3 is 6.18 Å². The first-order chi connectivity index (χ1) is 8.70. The molecule has 0 radical (unpaired) electrons. The van der Waals surface area contributed by atoms with Gasteiger partial charge in [-0.15, -0.1) is 0 Å². The second-order valence-corrected chi connectivity index (χ2v) is 4.37. The predicted octanol–water partition coefficient (Wildman–Crippen LogP) is 2.37. The predicted molar refractivity (Wildman–Crippen MR) is 64.2 cm³/mol. The van der Waals surface area contributed by atoms with Crippen LogP contribution in [0.25, 0.3) is 0 Å². The SMILES string of the molecule is CN(Cc1ccc(F)cc1)CC(C(=N)N)C(F)(F)F. The Morgan fingerprint density at radius 3 is 2.26 bits per heavy atom. The molecule has 3 nitrogen and oxygen atoms in total. The van der Waals surface area contributed by atoms with E-state index in [2.05, 4.69) is 0 Å². The number of hydrogen-bond donors (Lipinski definition) is 2. The molecule has 0 bridgehead atoms. The van der Waals surface area contributed by atoms with Gasteiger partial charge in [-0.1, -0.05) is 12.1 Å². The van der Waals surface area contributed by atoms with Gasteiger partial charge in [-0.25, -0.2) is 4.39 Å². The smallest absolute Gasteiger partial charge is 0.387 e. The fraction of sp³-hybridized carbons (Fsp3) is 0.417. The zero-order chi connectivity index (χ0) is 14.6. The number of nitrogens with zero attached hydrogens (tertiary/aromatic N) is 1. The maximum Gasteiger partial charge on any atom is 0.399 e. The van der Waals surface area contributed by atoms with Gasteiger partial charge in [0.1, 0.15) is 17.6 Å². The second-order valence-electron chi connectivity index (χ2n) is 4.37. The van der Waals surface area contributed by atoms with Crippen LogP contribution >= 0.6 is 0 Å². The molecule has 1 rings (SSSR count). The summed E-state index contributed by atoms with van der Waals surface area (Å²) in [6.07, 6.45) is -4.54. The quantitative estimate of drug-likeness (QED) is 0.493. The van der Waals surface area contributed by atoms with E-state index >= 15 is 0 Å². The zero-order valence-electron chi connectivity index (χ0n) is 10.3. The minimum absolute atomic E-state index is 0.222. The van der Waals surface area contributed by atoms with Crippen molar-refractivity contribution in [3.63, 3.8) is 0 Å². The average Bonchev–Trinajstić information content (AvgIpc) is 2.27. The van der Waals surface area contributed by atoms with Crippen molar-refractivity contribution in [3.05, 3.63) is 35.6 Å². The number of halogens is 4. The molecule has 0 aliphatic carbocycles. The molecule has 7 heteroatoms. The van der Waals surface area contributed by atoms with Crippen LogP contribution in [0.2, 0.25) is 0 Å². The second kappa shape index (κ2) is 6.01. The Morgan fingerprint density at radius 1 is 1.32 bits per heavy atom. The van der Waals surface area contributed by atoms with Crippen molar-refractivity contribution in [2.75, 3.05) is 13.6 Å². The Bertz CT molecular complexity index is 428. The molecule has 0 saturated heterocycles. The average molecular weight is 277 g/mol. The van der Waals surface area contributed by atoms with E-state index in [-0.39, 0.29) is 6.54 Å². The normalized spacial score (nSPS) is 13.6. The Labute approximate surface area is 108 Å². The molecule has 0 fully saturated rings. The molecule has 0 aromatic heterocycles. The number of hydrogen-bond acceptors (Lipinski definition) is 2. The standard InChI is InChI=1S/C12H15F4N3/c1-19(6-8-2-4-9(13)5-3-8)7-10(11(17)18)12(14,15)16/h2-5,10H,6-7H2,1H3,(H3,17,18). The van der Waals surface area contributed by atoms with E-state index in [1.165, 1.54) is 36.2 Å². The van der Waals surface area contributed by atoms with E-state index in [1.54, 1.807) is 0 Å². The molecule has 0 saturated carbocycles. The number of amidine groups is 1. The van der Waals surface area contributed by atoms with Crippen molar-refractivity contribution < 1.29 is 17.6 Å². The molecule has 1 aromatic rings. The van der Waals surface area contributed by atoms with Crippen LogP contribution in [0.3, 0.4) is 0 Å². The van der Waals surface area contributed by atoms with Gasteiger partial charge in [0.25, 0.3) is 0 Å². The van der Waals surface area contributed by atoms with E-state index in [0.29, 0.717) is 5.56 Å². The lowest BCUT2D eigenvalue weighted by molar-refractivity contribution is -0.159. The minimum Gasteiger partial charge on any atom is -0.387 e. The topological polar surface area (TPSA) is 53.1 Å². The van der Waals surface area contributed by atoms with E-state index in [4.69, 9.17) is 11.1 Å². The molecule has 0 amide bonds. The Hall–Kier alpha value is -1.63. The minimum atomic E-state index is -4.54. The highest BCUT2D eigenvalue weighted by Crippen LogP contribution is 2.27. The molecule has 106 valence electrons. The first-order valence-electron chi connectivity index (χ1n) is 5.53. The van der Waals surface area contributed by atoms with Crippen molar-refractivity contribution in [1.29, 1.82) is 5.41 Å². The number of rotatable bonds is 5. The van der Waals surface area contributed by atoms with Crippen LogP contribution < -0.4 is 5.73 Å². The molecule has 19 heavy (non-hydrogen) atoms. The van der Waals surface area contributed by atoms with Crippen LogP contribution in [0, 0.1) is 17.1 Å². The highest BCUT2D eigenvalue weighted by atomic mass is 19.4. The molecule has 1 aromatic carbocycles. The third-order valence-corrected chi connectivity index (χ3v) is 2.63. The lowest BCUT2D eigenvalue weighted by atomic mass is 10.1. The van der Waals surface area contributed by atoms with Gasteiger partial charge in [-0.05, 0) is 24.7 Å². The largest absolute Gasteiger partial charge is 0.399 e. The van der Waals surface area contributed by atoms with Crippen molar-refractivity contribution in [2.45, 2.75) is 12.7 Å². The first-order valence-corrected chi connectivity index (χ1v) is 5.53. The summed E-state index contributed by atoms with van der Waals surface area (Å²) in [7, 11) is 1.49. The maximum absolute atomic E-state index is 12.7. The molecule has 0 aliphatic heterocycles. The van der Waals surface area contributed by atoms with E-state index < -0.39 is 30.3 Å². The van der Waals surface area contributed by atoms with Gasteiger partial charge in [-0.3, -0.25) is 5.41 Å². The van der Waals surface area contributed by atoms with Gasteiger partial charge in [0.2, 0.25) is 0 Å². The molecular formula is C12H15F4N3. The van der Waals surface area contributed by atoms with Crippen molar-refractivity contribution in [2.24, 2.45) is 11.7 Å². The first kappa shape index (κ1) is 15.4. The highest BCUT2D eigenvalue weighted by Gasteiger charge is 2.42. The number of nitrogens with two attached hydrogens (primary N) is 1. The summed E-state index contributed by atoms with van der Waals surface area (Å²) in [4.78, 5) is 1.40. The Balaban J connectivity index is 2.65. The van der Waals surface area contributed by atoms with Gasteiger partial charge in [-0.2, -0.15) is 13.2 Å². The molecule has 0 spiro atoms. The summed E-state index contributed by atoms with van der Waals surface area (Å²) in [6.45, 7) is -0.184. The summed E-state index contributed by atoms with van der Waals surface area (Å²) < 4.78 is 50.6. The summed E-state index contributed by atoms with van der Waals surface area (Å²) in [5, 5.41) is 6.99. The monoisotopic (exact) mass is 277 g/mol. The van der Waals surface area contributed by atoms with Crippen LogP contribution in [-0.2, 0) is 6.54 Å². The van der Waals surface area contributed by atoms with Crippen molar-refractivity contribution in [1.82, 2.24) is 4.90 Å². The van der Waals surface area contributed by atoms with Gasteiger partial charge in [0.05, 0.1) is 0 Å². The summed E-state index contributed by atoms with van der Waals surface area (Å²) in [5.74, 6) is -3.29. The van der Waals surface area contributed by atoms with Crippen LogP contribution in [0.4, 0.5) is 17.6 Å². The van der Waals surface area contributed by atoms with Crippen molar-refractivity contribution >= 4 is 5.84 Å². The van der Waals surface area contributed by atoms with Crippen LogP contribution in [0.1, 0.15) is 5.56 Å². The molecule has 1 unspecified atom stereocenters. The summed E-state index contributed by atoms with van der Waals surface area (Å²) in [6, 6.07) is 5.50. The third kappa shape index (κ3) is 4.86. The number of alkyl halides is 3. The number of nitrogens with one attached hydrogen (secondary N) is 1. The zero-order valence-corrected chi connectivity index (χ0v) is 10.3. The molecular weight excluding hydrogens is 262 g/mol. The number of benzene rings is 1. The van der Waals surface area contributed by atoms with Gasteiger partial charge < -0.3 is 10.6 Å². The van der Waals surface area contributed by atoms with Gasteiger partial charge in [0, 0.05) is 13.1 Å². The van der Waals surface area contributed by atoms with E-state index in [9.17, 15) is 17.6 Å². The fourth-order valence-electron chi connectivity index (χ4n) is 1.66. The van der Waals surface area contributed by atoms with Crippen molar-refractivity contribution in [3.8, 4) is 0 Å². The molecule has 1 atom stereocenters. The van der Waals surface area contributed by atoms with Crippen LogP contribution in [0.5, 0.6) is 0 Å². The summed E-state index contributed by atoms with van der Waals surface area (Å²) in [5.41, 5.74) is 5.66. The maximum atomic E-state index is 12.7. The van der Waals surface area contributed by atoms with E-state index in [1.807, 2.05) is 0 Å².